The molecule has 6 heteroatoms. The van der Waals surface area contributed by atoms with Gasteiger partial charge in [0.2, 0.25) is 11.8 Å². The maximum atomic E-state index is 12.6. The van der Waals surface area contributed by atoms with Gasteiger partial charge in [0.05, 0.1) is 11.3 Å². The second-order valence-electron chi connectivity index (χ2n) is 7.07. The SMILES string of the molecule is CC(C)CC(=O)N1CCSC12CCN(C(=O)Cc1cccs1)CC2. The molecular formula is C18H26N2O2S2. The Morgan fingerprint density at radius 1 is 1.21 bits per heavy atom. The third kappa shape index (κ3) is 3.80. The van der Waals surface area contributed by atoms with E-state index < -0.39 is 0 Å². The molecular weight excluding hydrogens is 340 g/mol. The van der Waals surface area contributed by atoms with Gasteiger partial charge in [0.15, 0.2) is 0 Å². The molecule has 0 bridgehead atoms. The molecule has 4 nitrogen and oxygen atoms in total. The largest absolute Gasteiger partial charge is 0.342 e. The number of amides is 2. The molecule has 2 fully saturated rings. The summed E-state index contributed by atoms with van der Waals surface area (Å²) in [4.78, 5) is 30.2. The van der Waals surface area contributed by atoms with Gasteiger partial charge < -0.3 is 9.80 Å². The molecule has 2 amide bonds. The van der Waals surface area contributed by atoms with E-state index in [1.54, 1.807) is 11.3 Å². The lowest BCUT2D eigenvalue weighted by Crippen LogP contribution is -2.54. The highest BCUT2D eigenvalue weighted by Gasteiger charge is 2.46. The van der Waals surface area contributed by atoms with E-state index in [1.807, 2.05) is 34.2 Å². The van der Waals surface area contributed by atoms with Crippen molar-refractivity contribution in [3.63, 3.8) is 0 Å². The van der Waals surface area contributed by atoms with Crippen LogP contribution in [0.1, 0.15) is 38.0 Å². The molecule has 24 heavy (non-hydrogen) atoms. The quantitative estimate of drug-likeness (QED) is 0.821. The molecule has 1 aromatic heterocycles. The Morgan fingerprint density at radius 3 is 2.58 bits per heavy atom. The van der Waals surface area contributed by atoms with Crippen molar-refractivity contribution in [2.24, 2.45) is 5.92 Å². The number of nitrogens with zero attached hydrogens (tertiary/aromatic N) is 2. The highest BCUT2D eigenvalue weighted by atomic mass is 32.2. The Kier molecular flexibility index (Phi) is 5.55. The van der Waals surface area contributed by atoms with Crippen LogP contribution in [0.3, 0.4) is 0 Å². The number of carbonyl (C=O) groups excluding carboxylic acids is 2. The van der Waals surface area contributed by atoms with Gasteiger partial charge in [0.25, 0.3) is 0 Å². The molecule has 0 N–H and O–H groups in total. The summed E-state index contributed by atoms with van der Waals surface area (Å²) in [5.41, 5.74) is 0. The standard InChI is InChI=1S/C18H26N2O2S2/c1-14(2)12-17(22)20-9-11-24-18(20)5-7-19(8-6-18)16(21)13-15-4-3-10-23-15/h3-4,10,14H,5-9,11-13H2,1-2H3. The van der Waals surface area contributed by atoms with Crippen molar-refractivity contribution in [3.8, 4) is 0 Å². The minimum absolute atomic E-state index is 0.0638. The minimum atomic E-state index is -0.0638. The number of hydrogen-bond donors (Lipinski definition) is 0. The number of rotatable bonds is 4. The molecule has 132 valence electrons. The zero-order valence-electron chi connectivity index (χ0n) is 14.5. The van der Waals surface area contributed by atoms with Crippen LogP contribution >= 0.6 is 23.1 Å². The number of hydrogen-bond acceptors (Lipinski definition) is 4. The first-order valence-electron chi connectivity index (χ1n) is 8.75. The van der Waals surface area contributed by atoms with Crippen LogP contribution in [0.15, 0.2) is 17.5 Å². The second kappa shape index (κ2) is 7.48. The van der Waals surface area contributed by atoms with Gasteiger partial charge in [0.1, 0.15) is 0 Å². The third-order valence-electron chi connectivity index (χ3n) is 4.86. The van der Waals surface area contributed by atoms with Crippen LogP contribution < -0.4 is 0 Å². The minimum Gasteiger partial charge on any atom is -0.342 e. The van der Waals surface area contributed by atoms with Crippen LogP contribution in [0, 0.1) is 5.92 Å². The predicted molar refractivity (Wildman–Crippen MR) is 100 cm³/mol. The fraction of sp³-hybridized carbons (Fsp3) is 0.667. The predicted octanol–water partition coefficient (Wildman–Crippen LogP) is 3.23. The van der Waals surface area contributed by atoms with Gasteiger partial charge in [-0.2, -0.15) is 0 Å². The lowest BCUT2D eigenvalue weighted by Gasteiger charge is -2.44. The van der Waals surface area contributed by atoms with Crippen molar-refractivity contribution in [1.29, 1.82) is 0 Å². The zero-order chi connectivity index (χ0) is 17.2. The Balaban J connectivity index is 1.58. The first-order chi connectivity index (χ1) is 11.5. The van der Waals surface area contributed by atoms with Crippen molar-refractivity contribution in [1.82, 2.24) is 9.80 Å². The number of thiophene rings is 1. The summed E-state index contributed by atoms with van der Waals surface area (Å²) in [6, 6.07) is 4.01. The van der Waals surface area contributed by atoms with E-state index in [0.29, 0.717) is 18.8 Å². The van der Waals surface area contributed by atoms with E-state index in [4.69, 9.17) is 0 Å². The van der Waals surface area contributed by atoms with Gasteiger partial charge >= 0.3 is 0 Å². The molecule has 1 aromatic rings. The van der Waals surface area contributed by atoms with Gasteiger partial charge in [-0.1, -0.05) is 19.9 Å². The smallest absolute Gasteiger partial charge is 0.227 e. The van der Waals surface area contributed by atoms with Gasteiger partial charge in [-0.25, -0.2) is 0 Å². The summed E-state index contributed by atoms with van der Waals surface area (Å²) in [7, 11) is 0. The van der Waals surface area contributed by atoms with Gasteiger partial charge in [-0.3, -0.25) is 9.59 Å². The van der Waals surface area contributed by atoms with Crippen LogP contribution in [-0.2, 0) is 16.0 Å². The Labute approximate surface area is 152 Å². The summed E-state index contributed by atoms with van der Waals surface area (Å²) in [6.45, 7) is 6.59. The second-order valence-corrected chi connectivity index (χ2v) is 9.56. The summed E-state index contributed by atoms with van der Waals surface area (Å²) >= 11 is 3.56. The summed E-state index contributed by atoms with van der Waals surface area (Å²) in [5, 5.41) is 2.02. The molecule has 2 saturated heterocycles. The average molecular weight is 367 g/mol. The first-order valence-corrected chi connectivity index (χ1v) is 10.6. The topological polar surface area (TPSA) is 40.6 Å². The van der Waals surface area contributed by atoms with E-state index in [9.17, 15) is 9.59 Å². The molecule has 0 aliphatic carbocycles. The molecule has 0 atom stereocenters. The van der Waals surface area contributed by atoms with Gasteiger partial charge in [-0.15, -0.1) is 23.1 Å². The number of piperidine rings is 1. The van der Waals surface area contributed by atoms with Crippen LogP contribution in [0.5, 0.6) is 0 Å². The van der Waals surface area contributed by atoms with Crippen LogP contribution in [0.25, 0.3) is 0 Å². The monoisotopic (exact) mass is 366 g/mol. The maximum Gasteiger partial charge on any atom is 0.227 e. The molecule has 3 rings (SSSR count). The fourth-order valence-electron chi connectivity index (χ4n) is 3.61. The highest BCUT2D eigenvalue weighted by Crippen LogP contribution is 2.44. The van der Waals surface area contributed by atoms with E-state index in [1.165, 1.54) is 0 Å². The first kappa shape index (κ1) is 17.8. The zero-order valence-corrected chi connectivity index (χ0v) is 16.1. The van der Waals surface area contributed by atoms with Crippen LogP contribution in [0.4, 0.5) is 0 Å². The summed E-state index contributed by atoms with van der Waals surface area (Å²) < 4.78 is 0. The molecule has 2 aliphatic rings. The molecule has 1 spiro atoms. The Hall–Kier alpha value is -1.01. The van der Waals surface area contributed by atoms with Crippen molar-refractivity contribution in [2.45, 2.75) is 44.4 Å². The van der Waals surface area contributed by atoms with Gasteiger partial charge in [-0.05, 0) is 30.2 Å². The van der Waals surface area contributed by atoms with E-state index in [0.717, 1.165) is 43.1 Å². The third-order valence-corrected chi connectivity index (χ3v) is 7.29. The molecule has 2 aliphatic heterocycles. The normalized spacial score (nSPS) is 20.1. The lowest BCUT2D eigenvalue weighted by atomic mass is 10.00. The number of thioether (sulfide) groups is 1. The molecule has 0 radical (unpaired) electrons. The Morgan fingerprint density at radius 2 is 1.96 bits per heavy atom. The molecule has 0 aromatic carbocycles. The van der Waals surface area contributed by atoms with Crippen molar-refractivity contribution < 1.29 is 9.59 Å². The van der Waals surface area contributed by atoms with Crippen molar-refractivity contribution in [2.75, 3.05) is 25.4 Å². The molecule has 0 saturated carbocycles. The summed E-state index contributed by atoms with van der Waals surface area (Å²) in [6.07, 6.45) is 2.94. The van der Waals surface area contributed by atoms with E-state index >= 15 is 0 Å². The van der Waals surface area contributed by atoms with Crippen LogP contribution in [0.2, 0.25) is 0 Å². The van der Waals surface area contributed by atoms with Crippen molar-refractivity contribution >= 4 is 34.9 Å². The number of likely N-dealkylation sites (tertiary alicyclic amines) is 1. The lowest BCUT2D eigenvalue weighted by molar-refractivity contribution is -0.137. The van der Waals surface area contributed by atoms with Crippen LogP contribution in [-0.4, -0.2) is 51.9 Å². The average Bonchev–Trinajstić information content (AvgIpc) is 3.17. The summed E-state index contributed by atoms with van der Waals surface area (Å²) in [5.74, 6) is 1.92. The fourth-order valence-corrected chi connectivity index (χ4v) is 5.78. The van der Waals surface area contributed by atoms with E-state index in [-0.39, 0.29) is 16.7 Å². The van der Waals surface area contributed by atoms with Gasteiger partial charge in [0, 0.05) is 36.7 Å². The Bertz CT molecular complexity index is 578. The van der Waals surface area contributed by atoms with Crippen molar-refractivity contribution in [3.05, 3.63) is 22.4 Å². The molecule has 0 unspecified atom stereocenters. The maximum absolute atomic E-state index is 12.6. The highest BCUT2D eigenvalue weighted by molar-refractivity contribution is 8.00. The number of carbonyl (C=O) groups is 2. The van der Waals surface area contributed by atoms with E-state index in [2.05, 4.69) is 18.7 Å². The molecule has 3 heterocycles.